The maximum absolute atomic E-state index is 12.3. The maximum atomic E-state index is 12.3. The lowest BCUT2D eigenvalue weighted by Crippen LogP contribution is -2.27. The first-order chi connectivity index (χ1) is 11.5. The summed E-state index contributed by atoms with van der Waals surface area (Å²) in [7, 11) is 0. The van der Waals surface area contributed by atoms with E-state index >= 15 is 0 Å². The van der Waals surface area contributed by atoms with Gasteiger partial charge in [0.05, 0.1) is 17.5 Å². The number of rotatable bonds is 0. The Hall–Kier alpha value is -3.00. The van der Waals surface area contributed by atoms with Crippen molar-refractivity contribution in [1.29, 1.82) is 0 Å². The van der Waals surface area contributed by atoms with Crippen molar-refractivity contribution in [2.45, 2.75) is 26.7 Å². The molecular formula is C19H16N4O. The SMILES string of the molecule is CC1(C)CC(=O)c2cc(C#Cc3ccc4[nH]cnc4n3)cnc2C1. The molecule has 3 heterocycles. The molecule has 1 aliphatic rings. The molecule has 1 aliphatic carbocycles. The van der Waals surface area contributed by atoms with E-state index in [1.807, 2.05) is 18.2 Å². The van der Waals surface area contributed by atoms with Crippen molar-refractivity contribution in [3.63, 3.8) is 0 Å². The number of pyridine rings is 2. The van der Waals surface area contributed by atoms with Gasteiger partial charge in [0.25, 0.3) is 0 Å². The molecule has 1 N–H and O–H groups in total. The number of carbonyl (C=O) groups excluding carboxylic acids is 1. The summed E-state index contributed by atoms with van der Waals surface area (Å²) in [4.78, 5) is 28.3. The second-order valence-corrected chi connectivity index (χ2v) is 6.88. The van der Waals surface area contributed by atoms with Gasteiger partial charge >= 0.3 is 0 Å². The highest BCUT2D eigenvalue weighted by Crippen LogP contribution is 2.33. The molecule has 0 atom stereocenters. The van der Waals surface area contributed by atoms with Crippen LogP contribution in [0.4, 0.5) is 0 Å². The summed E-state index contributed by atoms with van der Waals surface area (Å²) < 4.78 is 0. The smallest absolute Gasteiger partial charge is 0.178 e. The molecule has 4 rings (SSSR count). The van der Waals surface area contributed by atoms with Gasteiger partial charge in [0, 0.05) is 23.7 Å². The number of ketones is 1. The zero-order valence-corrected chi connectivity index (χ0v) is 13.6. The summed E-state index contributed by atoms with van der Waals surface area (Å²) in [6, 6.07) is 5.59. The minimum Gasteiger partial charge on any atom is -0.343 e. The number of nitrogens with one attached hydrogen (secondary N) is 1. The van der Waals surface area contributed by atoms with Gasteiger partial charge in [-0.15, -0.1) is 0 Å². The average molecular weight is 316 g/mol. The van der Waals surface area contributed by atoms with E-state index in [0.717, 1.165) is 23.2 Å². The van der Waals surface area contributed by atoms with Gasteiger partial charge in [0.15, 0.2) is 11.4 Å². The molecule has 0 unspecified atom stereocenters. The largest absolute Gasteiger partial charge is 0.343 e. The third-order valence-corrected chi connectivity index (χ3v) is 4.17. The van der Waals surface area contributed by atoms with Crippen LogP contribution in [0.1, 0.15) is 47.6 Å². The fourth-order valence-electron chi connectivity index (χ4n) is 3.02. The summed E-state index contributed by atoms with van der Waals surface area (Å²) in [5.74, 6) is 6.21. The van der Waals surface area contributed by atoms with E-state index in [1.165, 1.54) is 0 Å². The predicted octanol–water partition coefficient (Wildman–Crippen LogP) is 2.91. The normalized spacial score (nSPS) is 15.7. The van der Waals surface area contributed by atoms with E-state index in [0.29, 0.717) is 23.3 Å². The predicted molar refractivity (Wildman–Crippen MR) is 90.5 cm³/mol. The second-order valence-electron chi connectivity index (χ2n) is 6.88. The van der Waals surface area contributed by atoms with Crippen LogP contribution < -0.4 is 0 Å². The third kappa shape index (κ3) is 2.67. The molecule has 0 bridgehead atoms. The molecule has 0 aromatic carbocycles. The summed E-state index contributed by atoms with van der Waals surface area (Å²) in [6.45, 7) is 4.19. The number of aromatic amines is 1. The number of hydrogen-bond acceptors (Lipinski definition) is 4. The lowest BCUT2D eigenvalue weighted by Gasteiger charge is -2.29. The van der Waals surface area contributed by atoms with Gasteiger partial charge in [-0.1, -0.05) is 19.8 Å². The van der Waals surface area contributed by atoms with Crippen molar-refractivity contribution >= 4 is 16.9 Å². The van der Waals surface area contributed by atoms with Crippen LogP contribution in [0.15, 0.2) is 30.7 Å². The number of imidazole rings is 1. The highest BCUT2D eigenvalue weighted by molar-refractivity contribution is 5.98. The molecule has 0 fully saturated rings. The van der Waals surface area contributed by atoms with Crippen LogP contribution in [0.3, 0.4) is 0 Å². The van der Waals surface area contributed by atoms with E-state index in [-0.39, 0.29) is 11.2 Å². The first-order valence-corrected chi connectivity index (χ1v) is 7.84. The number of carbonyl (C=O) groups is 1. The molecule has 118 valence electrons. The van der Waals surface area contributed by atoms with Crippen LogP contribution in [0, 0.1) is 17.3 Å². The van der Waals surface area contributed by atoms with Crippen LogP contribution in [-0.2, 0) is 6.42 Å². The number of hydrogen-bond donors (Lipinski definition) is 1. The molecule has 0 spiro atoms. The highest BCUT2D eigenvalue weighted by Gasteiger charge is 2.31. The summed E-state index contributed by atoms with van der Waals surface area (Å²) >= 11 is 0. The van der Waals surface area contributed by atoms with Crippen molar-refractivity contribution in [3.8, 4) is 11.8 Å². The van der Waals surface area contributed by atoms with Crippen LogP contribution in [0.25, 0.3) is 11.2 Å². The van der Waals surface area contributed by atoms with Gasteiger partial charge in [-0.3, -0.25) is 9.78 Å². The second kappa shape index (κ2) is 5.27. The maximum Gasteiger partial charge on any atom is 0.178 e. The lowest BCUT2D eigenvalue weighted by atomic mass is 9.75. The van der Waals surface area contributed by atoms with Crippen LogP contribution >= 0.6 is 0 Å². The Bertz CT molecular complexity index is 1020. The summed E-state index contributed by atoms with van der Waals surface area (Å²) in [5, 5.41) is 0. The number of aromatic nitrogens is 4. The highest BCUT2D eigenvalue weighted by atomic mass is 16.1. The summed E-state index contributed by atoms with van der Waals surface area (Å²) in [6.07, 6.45) is 4.71. The zero-order valence-electron chi connectivity index (χ0n) is 13.6. The molecule has 0 saturated heterocycles. The monoisotopic (exact) mass is 316 g/mol. The van der Waals surface area contributed by atoms with Crippen LogP contribution in [-0.4, -0.2) is 25.7 Å². The Labute approximate surface area is 139 Å². The van der Waals surface area contributed by atoms with E-state index in [4.69, 9.17) is 0 Å². The van der Waals surface area contributed by atoms with Gasteiger partial charge in [-0.2, -0.15) is 0 Å². The molecule has 3 aromatic heterocycles. The molecule has 0 radical (unpaired) electrons. The number of H-pyrrole nitrogens is 1. The molecular weight excluding hydrogens is 300 g/mol. The molecule has 0 saturated carbocycles. The Balaban J connectivity index is 1.67. The third-order valence-electron chi connectivity index (χ3n) is 4.17. The van der Waals surface area contributed by atoms with Crippen molar-refractivity contribution < 1.29 is 4.79 Å². The Kier molecular flexibility index (Phi) is 3.20. The number of fused-ring (bicyclic) bond motifs is 2. The Morgan fingerprint density at radius 2 is 2.04 bits per heavy atom. The molecule has 3 aromatic rings. The van der Waals surface area contributed by atoms with E-state index < -0.39 is 0 Å². The van der Waals surface area contributed by atoms with Crippen LogP contribution in [0.5, 0.6) is 0 Å². The molecule has 0 amide bonds. The first-order valence-electron chi connectivity index (χ1n) is 7.84. The number of Topliss-reactive ketones (excluding diaryl/α,β-unsaturated/α-hetero) is 1. The van der Waals surface area contributed by atoms with Gasteiger partial charge in [-0.25, -0.2) is 9.97 Å². The average Bonchev–Trinajstić information content (AvgIpc) is 3.00. The van der Waals surface area contributed by atoms with Crippen molar-refractivity contribution in [2.24, 2.45) is 5.41 Å². The van der Waals surface area contributed by atoms with Gasteiger partial charge in [0.2, 0.25) is 0 Å². The van der Waals surface area contributed by atoms with E-state index in [2.05, 4.69) is 45.6 Å². The van der Waals surface area contributed by atoms with Crippen molar-refractivity contribution in [2.75, 3.05) is 0 Å². The zero-order chi connectivity index (χ0) is 16.7. The minimum absolute atomic E-state index is 0.0207. The molecule has 5 nitrogen and oxygen atoms in total. The summed E-state index contributed by atoms with van der Waals surface area (Å²) in [5.41, 5.74) is 4.44. The minimum atomic E-state index is -0.0207. The van der Waals surface area contributed by atoms with E-state index in [9.17, 15) is 4.79 Å². The topological polar surface area (TPSA) is 71.5 Å². The van der Waals surface area contributed by atoms with Gasteiger partial charge in [-0.05, 0) is 36.0 Å². The standard InChI is InChI=1S/C19H16N4O/c1-19(2)8-16-14(17(24)9-19)7-12(10-20-16)3-4-13-5-6-15-18(23-13)22-11-21-15/h5-7,10-11H,8-9H2,1-2H3,(H,21,22,23). The molecule has 24 heavy (non-hydrogen) atoms. The van der Waals surface area contributed by atoms with Gasteiger partial charge in [0.1, 0.15) is 5.69 Å². The van der Waals surface area contributed by atoms with Crippen molar-refractivity contribution in [3.05, 3.63) is 53.2 Å². The van der Waals surface area contributed by atoms with Crippen LogP contribution in [0.2, 0.25) is 0 Å². The molecule has 0 aliphatic heterocycles. The molecule has 5 heteroatoms. The lowest BCUT2D eigenvalue weighted by molar-refractivity contribution is 0.0910. The quantitative estimate of drug-likeness (QED) is 0.647. The fourth-order valence-corrected chi connectivity index (χ4v) is 3.02. The van der Waals surface area contributed by atoms with Crippen molar-refractivity contribution in [1.82, 2.24) is 19.9 Å². The van der Waals surface area contributed by atoms with Gasteiger partial charge < -0.3 is 4.98 Å². The fraction of sp³-hybridized carbons (Fsp3) is 0.263. The first kappa shape index (κ1) is 14.6. The van der Waals surface area contributed by atoms with E-state index in [1.54, 1.807) is 12.5 Å². The Morgan fingerprint density at radius 3 is 2.92 bits per heavy atom. The number of nitrogens with zero attached hydrogens (tertiary/aromatic N) is 3. The Morgan fingerprint density at radius 1 is 1.17 bits per heavy atom.